The van der Waals surface area contributed by atoms with E-state index in [9.17, 15) is 14.9 Å². The lowest BCUT2D eigenvalue weighted by atomic mass is 10.2. The maximum Gasteiger partial charge on any atom is 0.303 e. The molecule has 1 N–H and O–H groups in total. The number of hydrogen-bond acceptors (Lipinski definition) is 5. The van der Waals surface area contributed by atoms with Crippen molar-refractivity contribution in [3.8, 4) is 5.69 Å². The molecule has 8 nitrogen and oxygen atoms in total. The molecule has 0 aliphatic carbocycles. The van der Waals surface area contributed by atoms with Crippen LogP contribution in [0.3, 0.4) is 0 Å². The lowest BCUT2D eigenvalue weighted by molar-refractivity contribution is -0.385. The van der Waals surface area contributed by atoms with Crippen LogP contribution in [0.5, 0.6) is 0 Å². The number of carboxylic acids is 1. The number of aryl methyl sites for hydroxylation is 2. The topological polar surface area (TPSA) is 111 Å². The zero-order valence-corrected chi connectivity index (χ0v) is 10.7. The third-order valence-corrected chi connectivity index (χ3v) is 2.79. The fourth-order valence-corrected chi connectivity index (χ4v) is 1.71. The van der Waals surface area contributed by atoms with E-state index in [0.29, 0.717) is 16.9 Å². The van der Waals surface area contributed by atoms with Crippen molar-refractivity contribution in [2.45, 2.75) is 19.8 Å². The second kappa shape index (κ2) is 5.47. The summed E-state index contributed by atoms with van der Waals surface area (Å²) >= 11 is 0. The number of nitro groups is 1. The summed E-state index contributed by atoms with van der Waals surface area (Å²) in [6.07, 6.45) is 1.80. The van der Waals surface area contributed by atoms with E-state index in [1.54, 1.807) is 25.3 Å². The van der Waals surface area contributed by atoms with Gasteiger partial charge in [0.05, 0.1) is 28.9 Å². The van der Waals surface area contributed by atoms with Gasteiger partial charge in [-0.3, -0.25) is 14.9 Å². The fourth-order valence-electron chi connectivity index (χ4n) is 1.71. The Morgan fingerprint density at radius 1 is 1.50 bits per heavy atom. The summed E-state index contributed by atoms with van der Waals surface area (Å²) in [6, 6.07) is 4.73. The van der Waals surface area contributed by atoms with E-state index in [4.69, 9.17) is 5.11 Å². The number of benzene rings is 1. The molecule has 2 aromatic rings. The highest BCUT2D eigenvalue weighted by Gasteiger charge is 2.13. The SMILES string of the molecule is Cc1ccc(-n2cc(CCC(=O)O)nn2)cc1[N+](=O)[O-]. The van der Waals surface area contributed by atoms with Crippen molar-refractivity contribution in [1.29, 1.82) is 0 Å². The summed E-state index contributed by atoms with van der Waals surface area (Å²) in [5, 5.41) is 27.2. The molecule has 0 radical (unpaired) electrons. The van der Waals surface area contributed by atoms with E-state index in [2.05, 4.69) is 10.3 Å². The van der Waals surface area contributed by atoms with Crippen LogP contribution in [0.2, 0.25) is 0 Å². The standard InChI is InChI=1S/C12H12N4O4/c1-8-2-4-10(6-11(8)16(19)20)15-7-9(13-14-15)3-5-12(17)18/h2,4,6-7H,3,5H2,1H3,(H,17,18). The minimum Gasteiger partial charge on any atom is -0.481 e. The van der Waals surface area contributed by atoms with Crippen molar-refractivity contribution in [2.24, 2.45) is 0 Å². The Balaban J connectivity index is 2.26. The van der Waals surface area contributed by atoms with Crippen LogP contribution < -0.4 is 0 Å². The number of rotatable bonds is 5. The molecule has 8 heteroatoms. The summed E-state index contributed by atoms with van der Waals surface area (Å²) in [5.74, 6) is -0.912. The predicted octanol–water partition coefficient (Wildman–Crippen LogP) is 1.50. The highest BCUT2D eigenvalue weighted by Crippen LogP contribution is 2.21. The van der Waals surface area contributed by atoms with Crippen LogP contribution in [0, 0.1) is 17.0 Å². The Labute approximate surface area is 113 Å². The largest absolute Gasteiger partial charge is 0.481 e. The van der Waals surface area contributed by atoms with Gasteiger partial charge in [0, 0.05) is 18.1 Å². The first-order chi connectivity index (χ1) is 9.47. The molecule has 0 atom stereocenters. The molecule has 0 saturated carbocycles. The molecule has 0 aliphatic heterocycles. The molecule has 0 fully saturated rings. The lowest BCUT2D eigenvalue weighted by Crippen LogP contribution is -1.98. The molecular weight excluding hydrogens is 264 g/mol. The number of carboxylic acid groups (broad SMARTS) is 1. The van der Waals surface area contributed by atoms with E-state index < -0.39 is 10.9 Å². The van der Waals surface area contributed by atoms with E-state index >= 15 is 0 Å². The molecule has 1 aromatic carbocycles. The van der Waals surface area contributed by atoms with Gasteiger partial charge in [-0.1, -0.05) is 11.3 Å². The Morgan fingerprint density at radius 2 is 2.25 bits per heavy atom. The van der Waals surface area contributed by atoms with Crippen LogP contribution in [0.4, 0.5) is 5.69 Å². The maximum absolute atomic E-state index is 10.9. The molecule has 104 valence electrons. The van der Waals surface area contributed by atoms with Crippen LogP contribution in [-0.2, 0) is 11.2 Å². The highest BCUT2D eigenvalue weighted by molar-refractivity contribution is 5.66. The number of aliphatic carboxylic acids is 1. The van der Waals surface area contributed by atoms with E-state index in [0.717, 1.165) is 0 Å². The van der Waals surface area contributed by atoms with Crippen molar-refractivity contribution in [3.63, 3.8) is 0 Å². The van der Waals surface area contributed by atoms with Gasteiger partial charge in [-0.25, -0.2) is 4.68 Å². The second-order valence-electron chi connectivity index (χ2n) is 4.28. The molecule has 0 spiro atoms. The average Bonchev–Trinajstić information content (AvgIpc) is 2.85. The average molecular weight is 276 g/mol. The summed E-state index contributed by atoms with van der Waals surface area (Å²) in [7, 11) is 0. The van der Waals surface area contributed by atoms with E-state index in [1.165, 1.54) is 10.7 Å². The molecule has 20 heavy (non-hydrogen) atoms. The second-order valence-corrected chi connectivity index (χ2v) is 4.28. The Kier molecular flexibility index (Phi) is 3.74. The van der Waals surface area contributed by atoms with Gasteiger partial charge in [-0.05, 0) is 13.0 Å². The van der Waals surface area contributed by atoms with Crippen LogP contribution in [0.15, 0.2) is 24.4 Å². The van der Waals surface area contributed by atoms with Gasteiger partial charge in [0.15, 0.2) is 0 Å². The van der Waals surface area contributed by atoms with Gasteiger partial charge in [-0.2, -0.15) is 0 Å². The van der Waals surface area contributed by atoms with Gasteiger partial charge in [-0.15, -0.1) is 5.10 Å². The van der Waals surface area contributed by atoms with E-state index in [-0.39, 0.29) is 18.5 Å². The molecular formula is C12H12N4O4. The van der Waals surface area contributed by atoms with Gasteiger partial charge < -0.3 is 5.11 Å². The lowest BCUT2D eigenvalue weighted by Gasteiger charge is -2.01. The number of aromatic nitrogens is 3. The van der Waals surface area contributed by atoms with Crippen LogP contribution in [-0.4, -0.2) is 31.0 Å². The first-order valence-electron chi connectivity index (χ1n) is 5.86. The van der Waals surface area contributed by atoms with E-state index in [1.807, 2.05) is 0 Å². The molecule has 0 amide bonds. The monoisotopic (exact) mass is 276 g/mol. The number of hydrogen-bond donors (Lipinski definition) is 1. The van der Waals surface area contributed by atoms with Gasteiger partial charge in [0.25, 0.3) is 5.69 Å². The third kappa shape index (κ3) is 2.97. The Hall–Kier alpha value is -2.77. The highest BCUT2D eigenvalue weighted by atomic mass is 16.6. The zero-order chi connectivity index (χ0) is 14.7. The van der Waals surface area contributed by atoms with Gasteiger partial charge in [0.2, 0.25) is 0 Å². The molecule has 2 rings (SSSR count). The number of nitrogens with zero attached hydrogens (tertiary/aromatic N) is 4. The number of carbonyl (C=O) groups is 1. The van der Waals surface area contributed by atoms with Crippen LogP contribution in [0.1, 0.15) is 17.7 Å². The Morgan fingerprint density at radius 3 is 2.90 bits per heavy atom. The normalized spacial score (nSPS) is 10.4. The van der Waals surface area contributed by atoms with Gasteiger partial charge >= 0.3 is 5.97 Å². The summed E-state index contributed by atoms with van der Waals surface area (Å²) < 4.78 is 1.39. The summed E-state index contributed by atoms with van der Waals surface area (Å²) in [6.45, 7) is 1.65. The van der Waals surface area contributed by atoms with Crippen molar-refractivity contribution < 1.29 is 14.8 Å². The smallest absolute Gasteiger partial charge is 0.303 e. The maximum atomic E-state index is 10.9. The van der Waals surface area contributed by atoms with Crippen molar-refractivity contribution in [3.05, 3.63) is 45.8 Å². The summed E-state index contributed by atoms with van der Waals surface area (Å²) in [5.41, 5.74) is 1.60. The van der Waals surface area contributed by atoms with Gasteiger partial charge in [0.1, 0.15) is 0 Å². The molecule has 0 aliphatic rings. The quantitative estimate of drug-likeness (QED) is 0.654. The first kappa shape index (κ1) is 13.7. The molecule has 1 aromatic heterocycles. The third-order valence-electron chi connectivity index (χ3n) is 2.79. The number of nitro benzene ring substituents is 1. The van der Waals surface area contributed by atoms with Crippen LogP contribution in [0.25, 0.3) is 5.69 Å². The fraction of sp³-hybridized carbons (Fsp3) is 0.250. The molecule has 0 bridgehead atoms. The minimum absolute atomic E-state index is 0.00471. The Bertz CT molecular complexity index is 665. The predicted molar refractivity (Wildman–Crippen MR) is 68.7 cm³/mol. The molecule has 1 heterocycles. The van der Waals surface area contributed by atoms with Crippen LogP contribution >= 0.6 is 0 Å². The first-order valence-corrected chi connectivity index (χ1v) is 5.86. The molecule has 0 unspecified atom stereocenters. The van der Waals surface area contributed by atoms with Crippen molar-refractivity contribution in [2.75, 3.05) is 0 Å². The molecule has 0 saturated heterocycles. The van der Waals surface area contributed by atoms with Crippen molar-refractivity contribution >= 4 is 11.7 Å². The van der Waals surface area contributed by atoms with Crippen molar-refractivity contribution in [1.82, 2.24) is 15.0 Å². The summed E-state index contributed by atoms with van der Waals surface area (Å²) in [4.78, 5) is 20.9. The zero-order valence-electron chi connectivity index (χ0n) is 10.7. The minimum atomic E-state index is -0.912.